The van der Waals surface area contributed by atoms with Gasteiger partial charge in [-0.25, -0.2) is 0 Å². The van der Waals surface area contributed by atoms with E-state index in [2.05, 4.69) is 84.2 Å². The van der Waals surface area contributed by atoms with E-state index in [1.165, 1.54) is 11.1 Å². The minimum atomic E-state index is 0.107. The Morgan fingerprint density at radius 2 is 1.19 bits per heavy atom. The zero-order chi connectivity index (χ0) is 14.8. The summed E-state index contributed by atoms with van der Waals surface area (Å²) < 4.78 is 8.63. The molecule has 1 heterocycles. The van der Waals surface area contributed by atoms with Crippen LogP contribution in [0.25, 0.3) is 0 Å². The molecule has 0 bridgehead atoms. The topological polar surface area (TPSA) is 9.23 Å². The van der Waals surface area contributed by atoms with Crippen molar-refractivity contribution in [3.63, 3.8) is 0 Å². The molecule has 4 heteroatoms. The van der Waals surface area contributed by atoms with Crippen molar-refractivity contribution in [2.45, 2.75) is 29.9 Å². The molecule has 1 fully saturated rings. The third-order valence-corrected chi connectivity index (χ3v) is 5.96. The van der Waals surface area contributed by atoms with Crippen LogP contribution in [0.3, 0.4) is 0 Å². The smallest absolute Gasteiger partial charge is 0.0854 e. The fourth-order valence-corrected chi connectivity index (χ4v) is 4.50. The summed E-state index contributed by atoms with van der Waals surface area (Å²) in [5, 5.41) is 0. The van der Waals surface area contributed by atoms with Gasteiger partial charge in [-0.15, -0.1) is 0 Å². The first-order chi connectivity index (χ1) is 10.1. The van der Waals surface area contributed by atoms with Gasteiger partial charge >= 0.3 is 0 Å². The molecule has 1 saturated heterocycles. The first-order valence-electron chi connectivity index (χ1n) is 6.93. The third kappa shape index (κ3) is 3.61. The van der Waals surface area contributed by atoms with Gasteiger partial charge < -0.3 is 4.74 Å². The highest BCUT2D eigenvalue weighted by atomic mass is 79.9. The van der Waals surface area contributed by atoms with Crippen molar-refractivity contribution in [3.05, 3.63) is 68.6 Å². The second-order valence-electron chi connectivity index (χ2n) is 5.23. The number of benzene rings is 2. The summed E-state index contributed by atoms with van der Waals surface area (Å²) in [5.41, 5.74) is 2.44. The SMILES string of the molecule is Brc1ccccc1[C@@H]1CC(Br)C[C@H](c2ccccc2Br)O1. The van der Waals surface area contributed by atoms with E-state index >= 15 is 0 Å². The molecule has 0 aliphatic carbocycles. The van der Waals surface area contributed by atoms with E-state index in [0.717, 1.165) is 21.8 Å². The quantitative estimate of drug-likeness (QED) is 0.447. The van der Waals surface area contributed by atoms with Gasteiger partial charge in [-0.2, -0.15) is 0 Å². The maximum atomic E-state index is 6.40. The van der Waals surface area contributed by atoms with Crippen molar-refractivity contribution >= 4 is 47.8 Å². The van der Waals surface area contributed by atoms with Crippen LogP contribution in [0.5, 0.6) is 0 Å². The number of halogens is 3. The molecular weight excluding hydrogens is 460 g/mol. The Morgan fingerprint density at radius 1 is 0.762 bits per heavy atom. The lowest BCUT2D eigenvalue weighted by molar-refractivity contribution is -0.0506. The Kier molecular flexibility index (Phi) is 5.20. The van der Waals surface area contributed by atoms with Crippen LogP contribution in [-0.4, -0.2) is 4.83 Å². The lowest BCUT2D eigenvalue weighted by Gasteiger charge is -2.34. The van der Waals surface area contributed by atoms with Gasteiger partial charge in [0.05, 0.1) is 12.2 Å². The maximum Gasteiger partial charge on any atom is 0.0854 e. The highest BCUT2D eigenvalue weighted by molar-refractivity contribution is 9.11. The van der Waals surface area contributed by atoms with Gasteiger partial charge in [0.2, 0.25) is 0 Å². The highest BCUT2D eigenvalue weighted by Crippen LogP contribution is 2.44. The minimum absolute atomic E-state index is 0.107. The summed E-state index contributed by atoms with van der Waals surface area (Å²) >= 11 is 11.1. The lowest BCUT2D eigenvalue weighted by atomic mass is 9.95. The molecule has 0 spiro atoms. The molecule has 1 nitrogen and oxygen atoms in total. The van der Waals surface area contributed by atoms with Gasteiger partial charge in [-0.3, -0.25) is 0 Å². The standard InChI is InChI=1S/C17H15Br3O/c18-11-9-16(12-5-1-3-7-14(12)19)21-17(10-11)13-6-2-4-8-15(13)20/h1-8,11,16-17H,9-10H2/t11?,16-,17+. The van der Waals surface area contributed by atoms with Crippen LogP contribution < -0.4 is 0 Å². The van der Waals surface area contributed by atoms with Crippen molar-refractivity contribution in [2.75, 3.05) is 0 Å². The van der Waals surface area contributed by atoms with E-state index in [0.29, 0.717) is 4.83 Å². The monoisotopic (exact) mass is 472 g/mol. The van der Waals surface area contributed by atoms with Gasteiger partial charge in [-0.05, 0) is 36.1 Å². The predicted octanol–water partition coefficient (Wildman–Crippen LogP) is 6.57. The van der Waals surface area contributed by atoms with Crippen LogP contribution in [-0.2, 0) is 4.74 Å². The molecule has 1 unspecified atom stereocenters. The number of rotatable bonds is 2. The second kappa shape index (κ2) is 6.95. The largest absolute Gasteiger partial charge is 0.365 e. The van der Waals surface area contributed by atoms with Gasteiger partial charge in [-0.1, -0.05) is 84.2 Å². The van der Waals surface area contributed by atoms with E-state index in [9.17, 15) is 0 Å². The molecule has 3 rings (SSSR count). The summed E-state index contributed by atoms with van der Waals surface area (Å²) in [6.07, 6.45) is 2.19. The van der Waals surface area contributed by atoms with Crippen LogP contribution >= 0.6 is 47.8 Å². The number of alkyl halides is 1. The van der Waals surface area contributed by atoms with Gasteiger partial charge in [0.15, 0.2) is 0 Å². The van der Waals surface area contributed by atoms with E-state index < -0.39 is 0 Å². The molecule has 0 N–H and O–H groups in total. The highest BCUT2D eigenvalue weighted by Gasteiger charge is 2.31. The number of hydrogen-bond acceptors (Lipinski definition) is 1. The van der Waals surface area contributed by atoms with Crippen LogP contribution in [0.2, 0.25) is 0 Å². The minimum Gasteiger partial charge on any atom is -0.365 e. The molecule has 0 amide bonds. The fraction of sp³-hybridized carbons (Fsp3) is 0.294. The Labute approximate surface area is 150 Å². The van der Waals surface area contributed by atoms with Gasteiger partial charge in [0.25, 0.3) is 0 Å². The number of ether oxygens (including phenoxy) is 1. The Hall–Kier alpha value is -0.160. The average molecular weight is 475 g/mol. The maximum absolute atomic E-state index is 6.40. The molecule has 1 aliphatic rings. The zero-order valence-corrected chi connectivity index (χ0v) is 16.1. The molecule has 2 aromatic carbocycles. The second-order valence-corrected chi connectivity index (χ2v) is 8.23. The summed E-state index contributed by atoms with van der Waals surface area (Å²) in [6, 6.07) is 16.6. The van der Waals surface area contributed by atoms with Crippen LogP contribution in [0.1, 0.15) is 36.2 Å². The van der Waals surface area contributed by atoms with E-state index in [1.807, 2.05) is 12.1 Å². The molecule has 0 aromatic heterocycles. The summed E-state index contributed by atoms with van der Waals surface area (Å²) in [4.78, 5) is 0.459. The molecular formula is C17H15Br3O. The van der Waals surface area contributed by atoms with Crippen LogP contribution in [0, 0.1) is 0 Å². The number of hydrogen-bond donors (Lipinski definition) is 0. The van der Waals surface area contributed by atoms with Gasteiger partial charge in [0, 0.05) is 13.8 Å². The molecule has 3 atom stereocenters. The molecule has 2 aromatic rings. The summed E-state index contributed by atoms with van der Waals surface area (Å²) in [5.74, 6) is 0. The average Bonchev–Trinajstić information content (AvgIpc) is 2.47. The van der Waals surface area contributed by atoms with Crippen LogP contribution in [0.15, 0.2) is 57.5 Å². The summed E-state index contributed by atoms with van der Waals surface area (Å²) in [6.45, 7) is 0. The first-order valence-corrected chi connectivity index (χ1v) is 9.43. The van der Waals surface area contributed by atoms with Crippen molar-refractivity contribution in [1.29, 1.82) is 0 Å². The third-order valence-electron chi connectivity index (χ3n) is 3.77. The van der Waals surface area contributed by atoms with E-state index in [-0.39, 0.29) is 12.2 Å². The Morgan fingerprint density at radius 3 is 1.62 bits per heavy atom. The van der Waals surface area contributed by atoms with Gasteiger partial charge in [0.1, 0.15) is 0 Å². The Bertz CT molecular complexity index is 575. The molecule has 21 heavy (non-hydrogen) atoms. The van der Waals surface area contributed by atoms with Crippen molar-refractivity contribution in [1.82, 2.24) is 0 Å². The molecule has 1 aliphatic heterocycles. The van der Waals surface area contributed by atoms with E-state index in [1.54, 1.807) is 0 Å². The lowest BCUT2D eigenvalue weighted by Crippen LogP contribution is -2.23. The molecule has 0 saturated carbocycles. The van der Waals surface area contributed by atoms with Crippen molar-refractivity contribution < 1.29 is 4.74 Å². The van der Waals surface area contributed by atoms with Crippen molar-refractivity contribution in [3.8, 4) is 0 Å². The predicted molar refractivity (Wildman–Crippen MR) is 96.8 cm³/mol. The normalized spacial score (nSPS) is 25.8. The molecule has 110 valence electrons. The summed E-state index contributed by atoms with van der Waals surface area (Å²) in [7, 11) is 0. The Balaban J connectivity index is 1.89. The fourth-order valence-electron chi connectivity index (χ4n) is 2.74. The molecule has 0 radical (unpaired) electrons. The zero-order valence-electron chi connectivity index (χ0n) is 11.3. The van der Waals surface area contributed by atoms with Crippen molar-refractivity contribution in [2.24, 2.45) is 0 Å². The van der Waals surface area contributed by atoms with E-state index in [4.69, 9.17) is 4.74 Å². The van der Waals surface area contributed by atoms with Crippen LogP contribution in [0.4, 0.5) is 0 Å². The first kappa shape index (κ1) is 15.7.